The molecule has 0 bridgehead atoms. The Balaban J connectivity index is 2.55. The highest BCUT2D eigenvalue weighted by atomic mass is 32.2. The van der Waals surface area contributed by atoms with Gasteiger partial charge in [-0.3, -0.25) is 0 Å². The predicted octanol–water partition coefficient (Wildman–Crippen LogP) is 2.94. The Morgan fingerprint density at radius 1 is 1.47 bits per heavy atom. The first-order chi connectivity index (χ1) is 8.19. The average molecular weight is 251 g/mol. The van der Waals surface area contributed by atoms with Crippen LogP contribution in [0.25, 0.3) is 0 Å². The highest BCUT2D eigenvalue weighted by Crippen LogP contribution is 2.24. The van der Waals surface area contributed by atoms with E-state index in [2.05, 4.69) is 11.9 Å². The van der Waals surface area contributed by atoms with Gasteiger partial charge in [-0.1, -0.05) is 18.7 Å². The SMILES string of the molecule is C=C(CNc1ccccc1SC)C(=O)OCC. The number of hydrogen-bond acceptors (Lipinski definition) is 4. The molecule has 0 aliphatic heterocycles. The van der Waals surface area contributed by atoms with Crippen molar-refractivity contribution in [3.05, 3.63) is 36.4 Å². The summed E-state index contributed by atoms with van der Waals surface area (Å²) in [4.78, 5) is 12.5. The van der Waals surface area contributed by atoms with E-state index in [0.29, 0.717) is 18.7 Å². The molecule has 0 radical (unpaired) electrons. The zero-order valence-electron chi connectivity index (χ0n) is 10.2. The van der Waals surface area contributed by atoms with Gasteiger partial charge in [0.1, 0.15) is 0 Å². The molecule has 17 heavy (non-hydrogen) atoms. The number of rotatable bonds is 6. The lowest BCUT2D eigenvalue weighted by atomic mass is 10.2. The fraction of sp³-hybridized carbons (Fsp3) is 0.308. The van der Waals surface area contributed by atoms with Gasteiger partial charge in [-0.25, -0.2) is 4.79 Å². The molecule has 0 atom stereocenters. The number of anilines is 1. The summed E-state index contributed by atoms with van der Waals surface area (Å²) in [5.41, 5.74) is 1.44. The maximum atomic E-state index is 11.4. The minimum atomic E-state index is -0.346. The van der Waals surface area contributed by atoms with Crippen LogP contribution in [0.15, 0.2) is 41.3 Å². The molecule has 0 unspecified atom stereocenters. The number of benzene rings is 1. The standard InChI is InChI=1S/C13H17NO2S/c1-4-16-13(15)10(2)9-14-11-7-5-6-8-12(11)17-3/h5-8,14H,2,4,9H2,1,3H3. The normalized spacial score (nSPS) is 9.76. The lowest BCUT2D eigenvalue weighted by molar-refractivity contribution is -0.138. The van der Waals surface area contributed by atoms with Crippen molar-refractivity contribution in [3.63, 3.8) is 0 Å². The van der Waals surface area contributed by atoms with E-state index in [-0.39, 0.29) is 5.97 Å². The van der Waals surface area contributed by atoms with Gasteiger partial charge in [0.2, 0.25) is 0 Å². The van der Waals surface area contributed by atoms with Crippen LogP contribution >= 0.6 is 11.8 Å². The second kappa shape index (κ2) is 7.01. The average Bonchev–Trinajstić information content (AvgIpc) is 2.36. The van der Waals surface area contributed by atoms with Gasteiger partial charge in [-0.05, 0) is 25.3 Å². The number of carbonyl (C=O) groups is 1. The molecule has 0 fully saturated rings. The van der Waals surface area contributed by atoms with Gasteiger partial charge in [-0.2, -0.15) is 0 Å². The highest BCUT2D eigenvalue weighted by Gasteiger charge is 2.08. The molecule has 0 saturated heterocycles. The van der Waals surface area contributed by atoms with Crippen molar-refractivity contribution in [1.82, 2.24) is 0 Å². The lowest BCUT2D eigenvalue weighted by Crippen LogP contribution is -2.15. The van der Waals surface area contributed by atoms with Gasteiger partial charge in [-0.15, -0.1) is 11.8 Å². The maximum Gasteiger partial charge on any atom is 0.335 e. The Morgan fingerprint density at radius 2 is 2.18 bits per heavy atom. The summed E-state index contributed by atoms with van der Waals surface area (Å²) >= 11 is 1.66. The molecule has 1 aromatic rings. The Bertz CT molecular complexity index is 404. The molecule has 0 saturated carbocycles. The minimum Gasteiger partial charge on any atom is -0.463 e. The van der Waals surface area contributed by atoms with Crippen LogP contribution < -0.4 is 5.32 Å². The smallest absolute Gasteiger partial charge is 0.335 e. The van der Waals surface area contributed by atoms with E-state index in [1.54, 1.807) is 18.7 Å². The molecular formula is C13H17NO2S. The molecule has 0 amide bonds. The summed E-state index contributed by atoms with van der Waals surface area (Å²) in [7, 11) is 0. The topological polar surface area (TPSA) is 38.3 Å². The van der Waals surface area contributed by atoms with E-state index in [4.69, 9.17) is 4.74 Å². The van der Waals surface area contributed by atoms with E-state index >= 15 is 0 Å². The predicted molar refractivity (Wildman–Crippen MR) is 72.5 cm³/mol. The molecule has 1 N–H and O–H groups in total. The number of carbonyl (C=O) groups excluding carboxylic acids is 1. The molecular weight excluding hydrogens is 234 g/mol. The zero-order chi connectivity index (χ0) is 12.7. The molecule has 0 heterocycles. The Labute approximate surface area is 106 Å². The molecule has 92 valence electrons. The minimum absolute atomic E-state index is 0.346. The van der Waals surface area contributed by atoms with E-state index in [0.717, 1.165) is 10.6 Å². The monoisotopic (exact) mass is 251 g/mol. The van der Waals surface area contributed by atoms with Crippen LogP contribution in [0.2, 0.25) is 0 Å². The third-order valence-corrected chi connectivity index (χ3v) is 2.96. The quantitative estimate of drug-likeness (QED) is 0.479. The molecule has 1 aromatic carbocycles. The number of esters is 1. The molecule has 0 aliphatic rings. The van der Waals surface area contributed by atoms with Crippen LogP contribution in [0.4, 0.5) is 5.69 Å². The molecule has 3 nitrogen and oxygen atoms in total. The fourth-order valence-electron chi connectivity index (χ4n) is 1.30. The molecule has 0 aliphatic carbocycles. The van der Waals surface area contributed by atoms with Crippen LogP contribution in [0.3, 0.4) is 0 Å². The largest absolute Gasteiger partial charge is 0.463 e. The van der Waals surface area contributed by atoms with Gasteiger partial charge >= 0.3 is 5.97 Å². The van der Waals surface area contributed by atoms with Gasteiger partial charge < -0.3 is 10.1 Å². The van der Waals surface area contributed by atoms with Crippen molar-refractivity contribution in [2.75, 3.05) is 24.7 Å². The summed E-state index contributed by atoms with van der Waals surface area (Å²) in [6.45, 7) is 6.25. The first kappa shape index (κ1) is 13.6. The summed E-state index contributed by atoms with van der Waals surface area (Å²) in [6.07, 6.45) is 2.01. The Morgan fingerprint density at radius 3 is 2.82 bits per heavy atom. The zero-order valence-corrected chi connectivity index (χ0v) is 11.0. The van der Waals surface area contributed by atoms with Crippen molar-refractivity contribution < 1.29 is 9.53 Å². The van der Waals surface area contributed by atoms with Crippen molar-refractivity contribution in [3.8, 4) is 0 Å². The third-order valence-electron chi connectivity index (χ3n) is 2.16. The van der Waals surface area contributed by atoms with E-state index in [9.17, 15) is 4.79 Å². The second-order valence-corrected chi connectivity index (χ2v) is 4.23. The van der Waals surface area contributed by atoms with E-state index in [1.807, 2.05) is 30.5 Å². The van der Waals surface area contributed by atoms with E-state index in [1.165, 1.54) is 0 Å². The number of nitrogens with one attached hydrogen (secondary N) is 1. The number of ether oxygens (including phenoxy) is 1. The van der Waals surface area contributed by atoms with Gasteiger partial charge in [0.05, 0.1) is 6.61 Å². The third kappa shape index (κ3) is 4.15. The lowest BCUT2D eigenvalue weighted by Gasteiger charge is -2.11. The second-order valence-electron chi connectivity index (χ2n) is 3.38. The van der Waals surface area contributed by atoms with Gasteiger partial charge in [0, 0.05) is 22.7 Å². The summed E-state index contributed by atoms with van der Waals surface area (Å²) in [5.74, 6) is -0.346. The van der Waals surface area contributed by atoms with Crippen molar-refractivity contribution >= 4 is 23.4 Å². The summed E-state index contributed by atoms with van der Waals surface area (Å²) in [5, 5.41) is 3.18. The van der Waals surface area contributed by atoms with Crippen molar-refractivity contribution in [2.24, 2.45) is 0 Å². The van der Waals surface area contributed by atoms with Crippen molar-refractivity contribution in [2.45, 2.75) is 11.8 Å². The summed E-state index contributed by atoms with van der Waals surface area (Å²) < 4.78 is 4.86. The van der Waals surface area contributed by atoms with Crippen molar-refractivity contribution in [1.29, 1.82) is 0 Å². The number of thioether (sulfide) groups is 1. The van der Waals surface area contributed by atoms with Crippen LogP contribution in [-0.4, -0.2) is 25.4 Å². The van der Waals surface area contributed by atoms with Crippen LogP contribution in [0.5, 0.6) is 0 Å². The van der Waals surface area contributed by atoms with E-state index < -0.39 is 0 Å². The first-order valence-electron chi connectivity index (χ1n) is 5.40. The Kier molecular flexibility index (Phi) is 5.63. The Hall–Kier alpha value is -1.42. The maximum absolute atomic E-state index is 11.4. The molecule has 4 heteroatoms. The first-order valence-corrected chi connectivity index (χ1v) is 6.63. The van der Waals surface area contributed by atoms with Crippen LogP contribution in [0, 0.1) is 0 Å². The fourth-order valence-corrected chi connectivity index (χ4v) is 1.87. The molecule has 0 spiro atoms. The number of para-hydroxylation sites is 1. The highest BCUT2D eigenvalue weighted by molar-refractivity contribution is 7.98. The number of hydrogen-bond donors (Lipinski definition) is 1. The van der Waals surface area contributed by atoms with Gasteiger partial charge in [0.15, 0.2) is 0 Å². The van der Waals surface area contributed by atoms with Gasteiger partial charge in [0.25, 0.3) is 0 Å². The van der Waals surface area contributed by atoms with Crippen LogP contribution in [-0.2, 0) is 9.53 Å². The molecule has 1 rings (SSSR count). The van der Waals surface area contributed by atoms with Crippen LogP contribution in [0.1, 0.15) is 6.92 Å². The molecule has 0 aromatic heterocycles. The summed E-state index contributed by atoms with van der Waals surface area (Å²) in [6, 6.07) is 7.94.